The van der Waals surface area contributed by atoms with E-state index >= 15 is 0 Å². The van der Waals surface area contributed by atoms with E-state index < -0.39 is 23.2 Å². The first-order valence-electron chi connectivity index (χ1n) is 9.98. The SMILES string of the molecule is C1=CC(C2CCCCC2)=[C]([Zr][C]2=C(C3CCCCC3)C=CC2)C1.F.F. The fourth-order valence-electron chi connectivity index (χ4n) is 5.07. The Kier molecular flexibility index (Phi) is 8.52. The van der Waals surface area contributed by atoms with Crippen LogP contribution in [-0.4, -0.2) is 0 Å². The molecule has 138 valence electrons. The van der Waals surface area contributed by atoms with E-state index in [0.717, 1.165) is 11.8 Å². The number of halogens is 2. The van der Waals surface area contributed by atoms with Crippen LogP contribution in [0, 0.1) is 11.8 Å². The molecule has 0 unspecified atom stereocenters. The molecule has 0 nitrogen and oxygen atoms in total. The second-order valence-electron chi connectivity index (χ2n) is 7.88. The van der Waals surface area contributed by atoms with E-state index in [0.29, 0.717) is 0 Å². The van der Waals surface area contributed by atoms with Gasteiger partial charge < -0.3 is 0 Å². The van der Waals surface area contributed by atoms with E-state index in [-0.39, 0.29) is 9.41 Å². The molecule has 0 bridgehead atoms. The first-order valence-corrected chi connectivity index (χ1v) is 12.4. The van der Waals surface area contributed by atoms with Gasteiger partial charge in [-0.05, 0) is 0 Å². The quantitative estimate of drug-likeness (QED) is 0.456. The second-order valence-corrected chi connectivity index (χ2v) is 11.5. The van der Waals surface area contributed by atoms with Gasteiger partial charge in [-0.3, -0.25) is 9.41 Å². The van der Waals surface area contributed by atoms with Crippen LogP contribution >= 0.6 is 0 Å². The summed E-state index contributed by atoms with van der Waals surface area (Å²) in [6.07, 6.45) is 27.3. The first kappa shape index (κ1) is 21.0. The number of hydrogen-bond acceptors (Lipinski definition) is 0. The average molecular weight is 426 g/mol. The Balaban J connectivity index is 0.00000113. The Bertz CT molecular complexity index is 509. The maximum Gasteiger partial charge on any atom is -0.269 e. The maximum absolute atomic E-state index is 2.52. The molecule has 0 radical (unpaired) electrons. The van der Waals surface area contributed by atoms with Crippen LogP contribution in [0.1, 0.15) is 77.0 Å². The summed E-state index contributed by atoms with van der Waals surface area (Å²) >= 11 is -0.514. The third-order valence-electron chi connectivity index (χ3n) is 6.33. The Labute approximate surface area is 163 Å². The van der Waals surface area contributed by atoms with Gasteiger partial charge in [0.15, 0.2) is 0 Å². The zero-order valence-electron chi connectivity index (χ0n) is 15.3. The zero-order valence-corrected chi connectivity index (χ0v) is 17.7. The van der Waals surface area contributed by atoms with Gasteiger partial charge in [0.25, 0.3) is 0 Å². The van der Waals surface area contributed by atoms with E-state index in [1.54, 1.807) is 0 Å². The first-order chi connectivity index (χ1) is 11.4. The third-order valence-corrected chi connectivity index (χ3v) is 10.2. The van der Waals surface area contributed by atoms with E-state index in [1.807, 2.05) is 17.7 Å². The monoisotopic (exact) mass is 424 g/mol. The summed E-state index contributed by atoms with van der Waals surface area (Å²) in [4.78, 5) is 0. The summed E-state index contributed by atoms with van der Waals surface area (Å²) in [5.41, 5.74) is 3.64. The topological polar surface area (TPSA) is 0 Å². The van der Waals surface area contributed by atoms with E-state index in [9.17, 15) is 0 Å². The van der Waals surface area contributed by atoms with E-state index in [1.165, 1.54) is 77.0 Å². The van der Waals surface area contributed by atoms with Gasteiger partial charge in [0, 0.05) is 0 Å². The van der Waals surface area contributed by atoms with Crippen LogP contribution in [-0.2, 0) is 23.2 Å². The summed E-state index contributed by atoms with van der Waals surface area (Å²) in [5.74, 6) is 1.85. The van der Waals surface area contributed by atoms with Gasteiger partial charge in [0.2, 0.25) is 0 Å². The van der Waals surface area contributed by atoms with Crippen molar-refractivity contribution in [1.29, 1.82) is 0 Å². The number of rotatable bonds is 4. The molecule has 4 rings (SSSR count). The molecular weight excluding hydrogens is 393 g/mol. The van der Waals surface area contributed by atoms with Crippen molar-refractivity contribution < 1.29 is 32.6 Å². The molecular formula is C22H32F2Zr. The standard InChI is InChI=1S/2C11H15.2FH.Zr/c2*1-2-6-10(7-3-1)11-8-4-5-9-11;;;/h2*4,8,10H,1-3,5-7H2;2*1H;. The van der Waals surface area contributed by atoms with Gasteiger partial charge in [0.05, 0.1) is 0 Å². The van der Waals surface area contributed by atoms with Crippen molar-refractivity contribution >= 4 is 0 Å². The Morgan fingerprint density at radius 2 is 1.00 bits per heavy atom. The van der Waals surface area contributed by atoms with Crippen molar-refractivity contribution in [3.63, 3.8) is 0 Å². The molecule has 0 amide bonds. The summed E-state index contributed by atoms with van der Waals surface area (Å²) < 4.78 is 3.88. The molecule has 25 heavy (non-hydrogen) atoms. The van der Waals surface area contributed by atoms with Crippen molar-refractivity contribution in [3.05, 3.63) is 42.0 Å². The molecule has 0 aliphatic heterocycles. The van der Waals surface area contributed by atoms with Crippen molar-refractivity contribution in [2.24, 2.45) is 11.8 Å². The van der Waals surface area contributed by atoms with Crippen LogP contribution in [0.5, 0.6) is 0 Å². The molecule has 4 aliphatic carbocycles. The van der Waals surface area contributed by atoms with Crippen LogP contribution in [0.3, 0.4) is 0 Å². The molecule has 0 aromatic heterocycles. The smallest absolute Gasteiger partial charge is 0.269 e. The van der Waals surface area contributed by atoms with Crippen LogP contribution in [0.2, 0.25) is 0 Å². The number of allylic oxidation sites excluding steroid dienone is 8. The minimum atomic E-state index is -0.514. The Morgan fingerprint density at radius 1 is 0.600 bits per heavy atom. The predicted molar refractivity (Wildman–Crippen MR) is 99.7 cm³/mol. The summed E-state index contributed by atoms with van der Waals surface area (Å²) in [6.45, 7) is 0. The molecule has 3 heteroatoms. The van der Waals surface area contributed by atoms with Gasteiger partial charge >= 0.3 is 154 Å². The molecule has 2 fully saturated rings. The van der Waals surface area contributed by atoms with E-state index in [2.05, 4.69) is 24.3 Å². The van der Waals surface area contributed by atoms with Crippen molar-refractivity contribution in [3.8, 4) is 0 Å². The Morgan fingerprint density at radius 3 is 1.40 bits per heavy atom. The minimum absolute atomic E-state index is 0. The second kappa shape index (κ2) is 10.1. The summed E-state index contributed by atoms with van der Waals surface area (Å²) in [7, 11) is 0. The molecule has 0 aromatic carbocycles. The molecule has 0 N–H and O–H groups in total. The molecule has 0 heterocycles. The van der Waals surface area contributed by atoms with Crippen molar-refractivity contribution in [2.75, 3.05) is 0 Å². The Hall–Kier alpha value is -0.297. The zero-order chi connectivity index (χ0) is 15.5. The summed E-state index contributed by atoms with van der Waals surface area (Å²) in [6, 6.07) is 0. The summed E-state index contributed by atoms with van der Waals surface area (Å²) in [5, 5.41) is 0. The van der Waals surface area contributed by atoms with Gasteiger partial charge in [0.1, 0.15) is 0 Å². The van der Waals surface area contributed by atoms with Crippen molar-refractivity contribution in [1.82, 2.24) is 0 Å². The predicted octanol–water partition coefficient (Wildman–Crippen LogP) is 6.96. The van der Waals surface area contributed by atoms with Gasteiger partial charge in [-0.15, -0.1) is 0 Å². The van der Waals surface area contributed by atoms with Crippen LogP contribution in [0.4, 0.5) is 9.41 Å². The fraction of sp³-hybridized carbons (Fsp3) is 0.636. The molecule has 0 atom stereocenters. The van der Waals surface area contributed by atoms with Crippen molar-refractivity contribution in [2.45, 2.75) is 77.0 Å². The van der Waals surface area contributed by atoms with Gasteiger partial charge in [-0.1, -0.05) is 0 Å². The molecule has 4 aliphatic rings. The third kappa shape index (κ3) is 4.91. The fourth-order valence-corrected chi connectivity index (χ4v) is 9.16. The van der Waals surface area contributed by atoms with Crippen LogP contribution in [0.15, 0.2) is 42.0 Å². The van der Waals surface area contributed by atoms with Crippen LogP contribution in [0.25, 0.3) is 0 Å². The van der Waals surface area contributed by atoms with Crippen LogP contribution < -0.4 is 0 Å². The normalized spacial score (nSPS) is 24.5. The average Bonchev–Trinajstić information content (AvgIpc) is 3.26. The van der Waals surface area contributed by atoms with Gasteiger partial charge in [-0.25, -0.2) is 0 Å². The molecule has 2 saturated carbocycles. The minimum Gasteiger partial charge on any atom is -0.269 e. The molecule has 0 aromatic rings. The number of hydrogen-bond donors (Lipinski definition) is 0. The largest absolute Gasteiger partial charge is 0.269 e. The molecule has 0 saturated heterocycles. The van der Waals surface area contributed by atoms with E-state index in [4.69, 9.17) is 0 Å². The maximum atomic E-state index is 2.52. The molecule has 0 spiro atoms. The van der Waals surface area contributed by atoms with Gasteiger partial charge in [-0.2, -0.15) is 0 Å².